The van der Waals surface area contributed by atoms with Crippen molar-refractivity contribution in [1.29, 1.82) is 0 Å². The van der Waals surface area contributed by atoms with E-state index in [0.29, 0.717) is 6.61 Å². The second-order valence-electron chi connectivity index (χ2n) is 6.02. The van der Waals surface area contributed by atoms with Gasteiger partial charge in [0.15, 0.2) is 5.87 Å². The van der Waals surface area contributed by atoms with Crippen molar-refractivity contribution < 1.29 is 9.31 Å². The Morgan fingerprint density at radius 2 is 1.65 bits per heavy atom. The largest absolute Gasteiger partial charge is 0.489 e. The molecule has 0 saturated carbocycles. The second kappa shape index (κ2) is 8.33. The fraction of sp³-hybridized carbons (Fsp3) is 0.300. The molecule has 0 unspecified atom stereocenters. The van der Waals surface area contributed by atoms with Crippen LogP contribution < -0.4 is 4.74 Å². The van der Waals surface area contributed by atoms with E-state index in [-0.39, 0.29) is 0 Å². The minimum atomic E-state index is 0.588. The Balaban J connectivity index is 2.10. The maximum absolute atomic E-state index is 5.84. The molecule has 0 bridgehead atoms. The molecule has 0 aliphatic heterocycles. The summed E-state index contributed by atoms with van der Waals surface area (Å²) in [5.74, 6) is 4.25. The lowest BCUT2D eigenvalue weighted by atomic mass is 10.1. The highest BCUT2D eigenvalue weighted by Gasteiger charge is 2.07. The highest BCUT2D eigenvalue weighted by atomic mass is 16.5. The van der Waals surface area contributed by atoms with Gasteiger partial charge in [0.1, 0.15) is 26.5 Å². The topological polar surface area (TPSA) is 15.5 Å². The zero-order chi connectivity index (χ0) is 16.7. The third kappa shape index (κ3) is 5.74. The zero-order valence-electron chi connectivity index (χ0n) is 14.4. The number of ether oxygens (including phenoxy) is 1. The number of benzene rings is 2. The number of hydrogen-bond donors (Lipinski definition) is 0. The van der Waals surface area contributed by atoms with Crippen LogP contribution in [0, 0.1) is 0 Å². The summed E-state index contributed by atoms with van der Waals surface area (Å²) in [6, 6.07) is 18.4. The molecule has 0 atom stereocenters. The standard InChI is InChI=1S/C20H25N2O/c1-21(2)14-19(15-22(3)4)18-10-12-20(13-11-18)23-16-17-8-6-5-7-9-17/h5-13H,14,16H2,1-4H3/q+1. The molecular weight excluding hydrogens is 284 g/mol. The van der Waals surface area contributed by atoms with Crippen molar-refractivity contribution in [3.8, 4) is 5.75 Å². The van der Waals surface area contributed by atoms with E-state index in [2.05, 4.69) is 49.1 Å². The number of nitrogens with zero attached hydrogens (tertiary/aromatic N) is 2. The lowest BCUT2D eigenvalue weighted by Crippen LogP contribution is -2.15. The summed E-state index contributed by atoms with van der Waals surface area (Å²) in [4.78, 5) is 2.14. The fourth-order valence-electron chi connectivity index (χ4n) is 2.27. The molecule has 0 heterocycles. The van der Waals surface area contributed by atoms with E-state index in [0.717, 1.165) is 17.9 Å². The first-order valence-corrected chi connectivity index (χ1v) is 7.76. The quantitative estimate of drug-likeness (QED) is 0.602. The van der Waals surface area contributed by atoms with Gasteiger partial charge >= 0.3 is 0 Å². The Morgan fingerprint density at radius 3 is 2.22 bits per heavy atom. The second-order valence-corrected chi connectivity index (χ2v) is 6.02. The van der Waals surface area contributed by atoms with Crippen LogP contribution in [0.1, 0.15) is 11.1 Å². The summed E-state index contributed by atoms with van der Waals surface area (Å²) in [7, 11) is 8.11. The van der Waals surface area contributed by atoms with Gasteiger partial charge in [0, 0.05) is 6.54 Å². The van der Waals surface area contributed by atoms with Crippen LogP contribution in [-0.4, -0.2) is 50.1 Å². The molecule has 23 heavy (non-hydrogen) atoms. The van der Waals surface area contributed by atoms with Gasteiger partial charge in [0.05, 0.1) is 5.57 Å². The molecule has 0 aliphatic carbocycles. The molecule has 0 aliphatic rings. The molecule has 0 N–H and O–H groups in total. The fourth-order valence-corrected chi connectivity index (χ4v) is 2.27. The monoisotopic (exact) mass is 309 g/mol. The molecule has 3 nitrogen and oxygen atoms in total. The Hall–Kier alpha value is -2.35. The summed E-state index contributed by atoms with van der Waals surface area (Å²) in [6.07, 6.45) is 0. The highest BCUT2D eigenvalue weighted by molar-refractivity contribution is 5.88. The van der Waals surface area contributed by atoms with Crippen molar-refractivity contribution in [2.45, 2.75) is 6.61 Å². The Bertz CT molecular complexity index is 677. The van der Waals surface area contributed by atoms with E-state index in [1.165, 1.54) is 11.1 Å². The first-order valence-electron chi connectivity index (χ1n) is 7.76. The molecule has 3 heteroatoms. The molecule has 2 aromatic carbocycles. The Kier molecular flexibility index (Phi) is 6.16. The van der Waals surface area contributed by atoms with Gasteiger partial charge < -0.3 is 9.64 Å². The molecule has 0 aromatic heterocycles. The molecule has 120 valence electrons. The molecule has 2 rings (SSSR count). The van der Waals surface area contributed by atoms with Crippen molar-refractivity contribution in [3.63, 3.8) is 0 Å². The third-order valence-electron chi connectivity index (χ3n) is 3.28. The first kappa shape index (κ1) is 17.0. The van der Waals surface area contributed by atoms with Crippen LogP contribution in [0.25, 0.3) is 5.57 Å². The normalized spacial score (nSPS) is 10.3. The molecular formula is C20H25N2O+. The Morgan fingerprint density at radius 1 is 1.00 bits per heavy atom. The molecule has 0 radical (unpaired) electrons. The maximum atomic E-state index is 5.84. The average Bonchev–Trinajstić information content (AvgIpc) is 2.53. The van der Waals surface area contributed by atoms with E-state index in [1.54, 1.807) is 0 Å². The van der Waals surface area contributed by atoms with E-state index in [4.69, 9.17) is 4.74 Å². The Labute approximate surface area is 139 Å². The van der Waals surface area contributed by atoms with Crippen LogP contribution in [0.4, 0.5) is 0 Å². The van der Waals surface area contributed by atoms with Crippen molar-refractivity contribution in [2.75, 3.05) is 34.7 Å². The van der Waals surface area contributed by atoms with Gasteiger partial charge in [-0.2, -0.15) is 4.58 Å². The summed E-state index contributed by atoms with van der Waals surface area (Å²) in [5.41, 5.74) is 3.50. The van der Waals surface area contributed by atoms with Gasteiger partial charge in [-0.3, -0.25) is 0 Å². The lowest BCUT2D eigenvalue weighted by Gasteiger charge is -2.11. The van der Waals surface area contributed by atoms with Crippen molar-refractivity contribution in [2.24, 2.45) is 0 Å². The van der Waals surface area contributed by atoms with E-state index in [9.17, 15) is 0 Å². The van der Waals surface area contributed by atoms with Gasteiger partial charge in [0.25, 0.3) is 0 Å². The summed E-state index contributed by atoms with van der Waals surface area (Å²) < 4.78 is 7.80. The average molecular weight is 309 g/mol. The van der Waals surface area contributed by atoms with Crippen LogP contribution in [0.2, 0.25) is 0 Å². The van der Waals surface area contributed by atoms with E-state index in [1.807, 2.05) is 49.0 Å². The first-order chi connectivity index (χ1) is 11.0. The van der Waals surface area contributed by atoms with Crippen LogP contribution in [-0.2, 0) is 6.61 Å². The molecule has 0 fully saturated rings. The zero-order valence-corrected chi connectivity index (χ0v) is 14.4. The van der Waals surface area contributed by atoms with Gasteiger partial charge in [0.2, 0.25) is 0 Å². The van der Waals surface area contributed by atoms with Gasteiger partial charge in [-0.1, -0.05) is 42.5 Å². The van der Waals surface area contributed by atoms with Crippen LogP contribution in [0.15, 0.2) is 54.6 Å². The number of likely N-dealkylation sites (N-methyl/N-ethyl adjacent to an activating group) is 1. The van der Waals surface area contributed by atoms with Gasteiger partial charge in [-0.15, -0.1) is 0 Å². The van der Waals surface area contributed by atoms with Gasteiger partial charge in [-0.05, 0) is 37.4 Å². The van der Waals surface area contributed by atoms with Crippen molar-refractivity contribution in [1.82, 2.24) is 4.90 Å². The van der Waals surface area contributed by atoms with Gasteiger partial charge in [-0.25, -0.2) is 0 Å². The minimum absolute atomic E-state index is 0.588. The van der Waals surface area contributed by atoms with Crippen LogP contribution >= 0.6 is 0 Å². The smallest absolute Gasteiger partial charge is 0.172 e. The molecule has 0 amide bonds. The molecule has 2 aromatic rings. The van der Waals surface area contributed by atoms with E-state index < -0.39 is 0 Å². The molecule has 0 spiro atoms. The summed E-state index contributed by atoms with van der Waals surface area (Å²) >= 11 is 0. The summed E-state index contributed by atoms with van der Waals surface area (Å²) in [5, 5.41) is 0. The van der Waals surface area contributed by atoms with Crippen LogP contribution in [0.5, 0.6) is 5.75 Å². The molecule has 0 saturated heterocycles. The third-order valence-corrected chi connectivity index (χ3v) is 3.28. The number of rotatable bonds is 6. The predicted molar refractivity (Wildman–Crippen MR) is 96.3 cm³/mol. The highest BCUT2D eigenvalue weighted by Crippen LogP contribution is 2.18. The SMILES string of the molecule is CN(C)CC(=C=[N+](C)C)c1ccc(OCc2ccccc2)cc1. The lowest BCUT2D eigenvalue weighted by molar-refractivity contribution is -0.456. The van der Waals surface area contributed by atoms with Crippen molar-refractivity contribution >= 4 is 11.4 Å². The maximum Gasteiger partial charge on any atom is 0.172 e. The van der Waals surface area contributed by atoms with Crippen molar-refractivity contribution in [3.05, 3.63) is 65.7 Å². The minimum Gasteiger partial charge on any atom is -0.489 e. The number of hydrogen-bond acceptors (Lipinski definition) is 2. The van der Waals surface area contributed by atoms with E-state index >= 15 is 0 Å². The predicted octanol–water partition coefficient (Wildman–Crippen LogP) is 3.15. The van der Waals surface area contributed by atoms with Crippen LogP contribution in [0.3, 0.4) is 0 Å². The summed E-state index contributed by atoms with van der Waals surface area (Å²) in [6.45, 7) is 1.44.